The van der Waals surface area contributed by atoms with Gasteiger partial charge in [0.1, 0.15) is 5.84 Å². The number of nitrogens with two attached hydrogens (primary N) is 1. The lowest BCUT2D eigenvalue weighted by atomic mass is 10.2. The van der Waals surface area contributed by atoms with E-state index in [0.717, 1.165) is 0 Å². The van der Waals surface area contributed by atoms with Gasteiger partial charge in [-0.15, -0.1) is 0 Å². The van der Waals surface area contributed by atoms with Gasteiger partial charge in [-0.3, -0.25) is 4.79 Å². The minimum Gasteiger partial charge on any atom is -0.317 e. The first-order chi connectivity index (χ1) is 5.77. The Morgan fingerprint density at radius 2 is 2.42 bits per heavy atom. The molecule has 0 bridgehead atoms. The third-order valence-electron chi connectivity index (χ3n) is 1.85. The Bertz CT molecular complexity index is 303. The third kappa shape index (κ3) is 1.06. The number of carbonyl (C=O) groups is 1. The molecule has 2 heterocycles. The number of nitrogens with zero attached hydrogens (tertiary/aromatic N) is 2. The first-order valence-corrected chi connectivity index (χ1v) is 3.78. The number of amidine groups is 1. The molecule has 0 aromatic rings. The Morgan fingerprint density at radius 3 is 3.25 bits per heavy atom. The number of hydrogen-bond donors (Lipinski definition) is 1. The smallest absolute Gasteiger partial charge is 0.251 e. The zero-order valence-corrected chi connectivity index (χ0v) is 6.47. The molecule has 2 rings (SSSR count). The SMILES string of the molecule is NC1CC(=O)N=C2C=CC=CN21. The summed E-state index contributed by atoms with van der Waals surface area (Å²) in [6.45, 7) is 0. The fourth-order valence-corrected chi connectivity index (χ4v) is 1.27. The second-order valence-electron chi connectivity index (χ2n) is 2.74. The number of rotatable bonds is 0. The summed E-state index contributed by atoms with van der Waals surface area (Å²) in [6, 6.07) is 0. The number of amides is 1. The second-order valence-corrected chi connectivity index (χ2v) is 2.74. The molecule has 0 saturated carbocycles. The van der Waals surface area contributed by atoms with Crippen LogP contribution in [0.15, 0.2) is 29.4 Å². The van der Waals surface area contributed by atoms with Crippen molar-refractivity contribution in [3.8, 4) is 0 Å². The summed E-state index contributed by atoms with van der Waals surface area (Å²) in [5.74, 6) is 0.495. The predicted molar refractivity (Wildman–Crippen MR) is 45.2 cm³/mol. The summed E-state index contributed by atoms with van der Waals surface area (Å²) in [5, 5.41) is 0. The van der Waals surface area contributed by atoms with Crippen LogP contribution in [0.1, 0.15) is 6.42 Å². The van der Waals surface area contributed by atoms with Gasteiger partial charge in [0.05, 0.1) is 12.6 Å². The topological polar surface area (TPSA) is 58.7 Å². The van der Waals surface area contributed by atoms with E-state index in [1.54, 1.807) is 11.0 Å². The number of fused-ring (bicyclic) bond motifs is 1. The van der Waals surface area contributed by atoms with Crippen LogP contribution in [0, 0.1) is 0 Å². The van der Waals surface area contributed by atoms with Gasteiger partial charge in [-0.25, -0.2) is 0 Å². The molecule has 0 aromatic heterocycles. The summed E-state index contributed by atoms with van der Waals surface area (Å²) in [4.78, 5) is 16.6. The summed E-state index contributed by atoms with van der Waals surface area (Å²) in [5.41, 5.74) is 5.72. The summed E-state index contributed by atoms with van der Waals surface area (Å²) >= 11 is 0. The molecule has 12 heavy (non-hydrogen) atoms. The Balaban J connectivity index is 2.37. The molecule has 2 aliphatic rings. The first kappa shape index (κ1) is 7.24. The maximum absolute atomic E-state index is 11.0. The van der Waals surface area contributed by atoms with Gasteiger partial charge in [0, 0.05) is 6.20 Å². The molecule has 2 aliphatic heterocycles. The highest BCUT2D eigenvalue weighted by Gasteiger charge is 2.24. The molecule has 0 aliphatic carbocycles. The summed E-state index contributed by atoms with van der Waals surface area (Å²) in [6.07, 6.45) is 7.34. The van der Waals surface area contributed by atoms with E-state index in [0.29, 0.717) is 12.3 Å². The zero-order chi connectivity index (χ0) is 8.55. The fourth-order valence-electron chi connectivity index (χ4n) is 1.27. The van der Waals surface area contributed by atoms with Crippen molar-refractivity contribution in [3.63, 3.8) is 0 Å². The molecule has 0 saturated heterocycles. The molecular weight excluding hydrogens is 154 g/mol. The lowest BCUT2D eigenvalue weighted by molar-refractivity contribution is -0.119. The van der Waals surface area contributed by atoms with Gasteiger partial charge in [-0.1, -0.05) is 6.08 Å². The molecule has 62 valence electrons. The van der Waals surface area contributed by atoms with Gasteiger partial charge in [-0.05, 0) is 12.2 Å². The lowest BCUT2D eigenvalue weighted by Gasteiger charge is -2.30. The van der Waals surface area contributed by atoms with E-state index >= 15 is 0 Å². The van der Waals surface area contributed by atoms with Gasteiger partial charge in [0.25, 0.3) is 5.91 Å². The van der Waals surface area contributed by atoms with Crippen LogP contribution in [0.2, 0.25) is 0 Å². The van der Waals surface area contributed by atoms with E-state index in [-0.39, 0.29) is 12.1 Å². The molecule has 1 unspecified atom stereocenters. The molecule has 4 nitrogen and oxygen atoms in total. The molecule has 0 aromatic carbocycles. The number of carbonyl (C=O) groups excluding carboxylic acids is 1. The van der Waals surface area contributed by atoms with E-state index in [1.807, 2.05) is 18.4 Å². The number of allylic oxidation sites excluding steroid dienone is 2. The van der Waals surface area contributed by atoms with Crippen LogP contribution in [0.3, 0.4) is 0 Å². The lowest BCUT2D eigenvalue weighted by Crippen LogP contribution is -2.46. The van der Waals surface area contributed by atoms with E-state index in [2.05, 4.69) is 4.99 Å². The fraction of sp³-hybridized carbons (Fsp3) is 0.250. The standard InChI is InChI=1S/C8H9N3O/c9-6-5-8(12)10-7-3-1-2-4-11(6)7/h1-4,6H,5,9H2. The van der Waals surface area contributed by atoms with Gasteiger partial charge in [-0.2, -0.15) is 4.99 Å². The normalized spacial score (nSPS) is 27.1. The van der Waals surface area contributed by atoms with Crippen LogP contribution in [0.25, 0.3) is 0 Å². The Morgan fingerprint density at radius 1 is 1.58 bits per heavy atom. The van der Waals surface area contributed by atoms with Crippen molar-refractivity contribution < 1.29 is 4.79 Å². The van der Waals surface area contributed by atoms with Crippen LogP contribution in [-0.2, 0) is 4.79 Å². The van der Waals surface area contributed by atoms with Crippen molar-refractivity contribution in [3.05, 3.63) is 24.4 Å². The van der Waals surface area contributed by atoms with Crippen LogP contribution < -0.4 is 5.73 Å². The Kier molecular flexibility index (Phi) is 1.55. The molecule has 4 heteroatoms. The van der Waals surface area contributed by atoms with E-state index in [1.165, 1.54) is 0 Å². The van der Waals surface area contributed by atoms with Crippen LogP contribution in [-0.4, -0.2) is 22.8 Å². The van der Waals surface area contributed by atoms with E-state index in [9.17, 15) is 4.79 Å². The van der Waals surface area contributed by atoms with Crippen LogP contribution >= 0.6 is 0 Å². The van der Waals surface area contributed by atoms with Gasteiger partial charge < -0.3 is 10.6 Å². The highest BCUT2D eigenvalue weighted by atomic mass is 16.1. The largest absolute Gasteiger partial charge is 0.317 e. The van der Waals surface area contributed by atoms with Crippen molar-refractivity contribution in [2.75, 3.05) is 0 Å². The van der Waals surface area contributed by atoms with Gasteiger partial charge in [0.2, 0.25) is 0 Å². The first-order valence-electron chi connectivity index (χ1n) is 3.78. The van der Waals surface area contributed by atoms with Crippen molar-refractivity contribution in [2.24, 2.45) is 10.7 Å². The molecular formula is C8H9N3O. The maximum atomic E-state index is 11.0. The van der Waals surface area contributed by atoms with Crippen LogP contribution in [0.5, 0.6) is 0 Å². The Labute approximate surface area is 70.1 Å². The molecule has 2 N–H and O–H groups in total. The predicted octanol–water partition coefficient (Wildman–Crippen LogP) is -0.0145. The summed E-state index contributed by atoms with van der Waals surface area (Å²) in [7, 11) is 0. The number of aliphatic imine (C=N–C) groups is 1. The van der Waals surface area contributed by atoms with Gasteiger partial charge >= 0.3 is 0 Å². The molecule has 0 fully saturated rings. The third-order valence-corrected chi connectivity index (χ3v) is 1.85. The Hall–Kier alpha value is -1.42. The van der Waals surface area contributed by atoms with Crippen molar-refractivity contribution in [1.82, 2.24) is 4.90 Å². The average molecular weight is 163 g/mol. The van der Waals surface area contributed by atoms with E-state index < -0.39 is 0 Å². The van der Waals surface area contributed by atoms with Crippen LogP contribution in [0.4, 0.5) is 0 Å². The van der Waals surface area contributed by atoms with Crippen molar-refractivity contribution in [2.45, 2.75) is 12.6 Å². The molecule has 1 amide bonds. The number of hydrogen-bond acceptors (Lipinski definition) is 3. The highest BCUT2D eigenvalue weighted by Crippen LogP contribution is 2.13. The maximum Gasteiger partial charge on any atom is 0.251 e. The molecule has 0 spiro atoms. The van der Waals surface area contributed by atoms with Gasteiger partial charge in [0.15, 0.2) is 0 Å². The van der Waals surface area contributed by atoms with Crippen molar-refractivity contribution >= 4 is 11.7 Å². The minimum absolute atomic E-state index is 0.145. The summed E-state index contributed by atoms with van der Waals surface area (Å²) < 4.78 is 0. The quantitative estimate of drug-likeness (QED) is 0.546. The average Bonchev–Trinajstić information content (AvgIpc) is 2.04. The zero-order valence-electron chi connectivity index (χ0n) is 6.47. The molecule has 1 atom stereocenters. The van der Waals surface area contributed by atoms with Crippen molar-refractivity contribution in [1.29, 1.82) is 0 Å². The monoisotopic (exact) mass is 163 g/mol. The van der Waals surface area contributed by atoms with E-state index in [4.69, 9.17) is 5.73 Å². The minimum atomic E-state index is -0.258. The highest BCUT2D eigenvalue weighted by molar-refractivity contribution is 6.04. The molecule has 0 radical (unpaired) electrons. The second kappa shape index (κ2) is 2.57.